The third-order valence-electron chi connectivity index (χ3n) is 3.72. The number of fused-ring (bicyclic) bond motifs is 1. The quantitative estimate of drug-likeness (QED) is 0.741. The molecule has 0 spiro atoms. The van der Waals surface area contributed by atoms with E-state index in [1.165, 1.54) is 10.6 Å². The van der Waals surface area contributed by atoms with Crippen LogP contribution in [0.15, 0.2) is 47.3 Å². The van der Waals surface area contributed by atoms with E-state index in [4.69, 9.17) is 4.74 Å². The van der Waals surface area contributed by atoms with Gasteiger partial charge < -0.3 is 4.74 Å². The summed E-state index contributed by atoms with van der Waals surface area (Å²) in [4.78, 5) is 17.4. The zero-order valence-corrected chi connectivity index (χ0v) is 13.0. The van der Waals surface area contributed by atoms with Gasteiger partial charge in [-0.1, -0.05) is 25.1 Å². The van der Waals surface area contributed by atoms with Crippen molar-refractivity contribution >= 4 is 10.9 Å². The molecule has 0 aliphatic carbocycles. The van der Waals surface area contributed by atoms with Gasteiger partial charge in [0.2, 0.25) is 0 Å². The standard InChI is InChI=1S/C18H17FN2O2/c1-3-7-16-20-13-9-6-8-12(19)17(13)18(22)21(16)14-10-4-5-11-15(14)23-2/h4-6,8-11H,3,7H2,1-2H3. The molecule has 2 aromatic carbocycles. The normalized spacial score (nSPS) is 10.9. The summed E-state index contributed by atoms with van der Waals surface area (Å²) in [5, 5.41) is -0.00161. The summed E-state index contributed by atoms with van der Waals surface area (Å²) in [7, 11) is 1.54. The first-order chi connectivity index (χ1) is 11.2. The number of halogens is 1. The van der Waals surface area contributed by atoms with E-state index in [-0.39, 0.29) is 5.39 Å². The predicted octanol–water partition coefficient (Wildman–Crippen LogP) is 3.49. The Balaban J connectivity index is 2.43. The number of nitrogens with zero attached hydrogens (tertiary/aromatic N) is 2. The molecule has 0 saturated heterocycles. The van der Waals surface area contributed by atoms with Crippen LogP contribution in [0, 0.1) is 5.82 Å². The highest BCUT2D eigenvalue weighted by Crippen LogP contribution is 2.23. The minimum absolute atomic E-state index is 0.00161. The van der Waals surface area contributed by atoms with Gasteiger partial charge in [0.15, 0.2) is 0 Å². The average Bonchev–Trinajstić information content (AvgIpc) is 2.55. The minimum Gasteiger partial charge on any atom is -0.495 e. The Labute approximate surface area is 133 Å². The molecule has 0 bridgehead atoms. The van der Waals surface area contributed by atoms with E-state index < -0.39 is 11.4 Å². The summed E-state index contributed by atoms with van der Waals surface area (Å²) in [5.74, 6) is 0.580. The lowest BCUT2D eigenvalue weighted by Crippen LogP contribution is -2.25. The molecular weight excluding hydrogens is 295 g/mol. The molecule has 0 atom stereocenters. The molecule has 0 aliphatic rings. The number of hydrogen-bond donors (Lipinski definition) is 0. The lowest BCUT2D eigenvalue weighted by molar-refractivity contribution is 0.412. The summed E-state index contributed by atoms with van der Waals surface area (Å²) >= 11 is 0. The summed E-state index contributed by atoms with van der Waals surface area (Å²) < 4.78 is 21.0. The van der Waals surface area contributed by atoms with E-state index in [2.05, 4.69) is 4.98 Å². The third-order valence-corrected chi connectivity index (χ3v) is 3.72. The van der Waals surface area contributed by atoms with Crippen molar-refractivity contribution in [1.82, 2.24) is 9.55 Å². The van der Waals surface area contributed by atoms with Crippen molar-refractivity contribution < 1.29 is 9.13 Å². The number of hydrogen-bond acceptors (Lipinski definition) is 3. The van der Waals surface area contributed by atoms with Crippen LogP contribution in [-0.4, -0.2) is 16.7 Å². The van der Waals surface area contributed by atoms with Crippen molar-refractivity contribution in [3.63, 3.8) is 0 Å². The lowest BCUT2D eigenvalue weighted by Gasteiger charge is -2.16. The Kier molecular flexibility index (Phi) is 4.10. The molecule has 0 saturated carbocycles. The topological polar surface area (TPSA) is 44.1 Å². The number of ether oxygens (including phenoxy) is 1. The van der Waals surface area contributed by atoms with E-state index in [9.17, 15) is 9.18 Å². The Bertz CT molecular complexity index is 919. The number of aryl methyl sites for hydroxylation is 1. The van der Waals surface area contributed by atoms with Gasteiger partial charge in [-0.05, 0) is 30.7 Å². The molecule has 0 radical (unpaired) electrons. The fourth-order valence-electron chi connectivity index (χ4n) is 2.69. The summed E-state index contributed by atoms with van der Waals surface area (Å²) in [6.07, 6.45) is 1.43. The molecule has 23 heavy (non-hydrogen) atoms. The number of methoxy groups -OCH3 is 1. The Morgan fingerprint density at radius 3 is 2.70 bits per heavy atom. The molecule has 0 amide bonds. The van der Waals surface area contributed by atoms with Gasteiger partial charge in [-0.25, -0.2) is 9.37 Å². The molecule has 3 rings (SSSR count). The van der Waals surface area contributed by atoms with Crippen molar-refractivity contribution in [3.05, 3.63) is 64.5 Å². The van der Waals surface area contributed by atoms with Crippen LogP contribution in [0.3, 0.4) is 0 Å². The first-order valence-electron chi connectivity index (χ1n) is 7.51. The third kappa shape index (κ3) is 2.59. The number of para-hydroxylation sites is 2. The van der Waals surface area contributed by atoms with Crippen molar-refractivity contribution in [2.75, 3.05) is 7.11 Å². The number of benzene rings is 2. The molecule has 0 unspecified atom stereocenters. The van der Waals surface area contributed by atoms with Crippen LogP contribution >= 0.6 is 0 Å². The van der Waals surface area contributed by atoms with Crippen molar-refractivity contribution in [2.45, 2.75) is 19.8 Å². The van der Waals surface area contributed by atoms with Crippen molar-refractivity contribution in [2.24, 2.45) is 0 Å². The largest absolute Gasteiger partial charge is 0.495 e. The summed E-state index contributed by atoms with van der Waals surface area (Å²) in [5.41, 5.74) is 0.534. The second-order valence-corrected chi connectivity index (χ2v) is 5.22. The Morgan fingerprint density at radius 1 is 1.17 bits per heavy atom. The molecule has 5 heteroatoms. The van der Waals surface area contributed by atoms with Crippen LogP contribution in [0.2, 0.25) is 0 Å². The van der Waals surface area contributed by atoms with Crippen molar-refractivity contribution in [3.8, 4) is 11.4 Å². The lowest BCUT2D eigenvalue weighted by atomic mass is 10.2. The molecule has 118 valence electrons. The van der Waals surface area contributed by atoms with Gasteiger partial charge in [0.05, 0.1) is 18.3 Å². The van der Waals surface area contributed by atoms with Crippen LogP contribution in [-0.2, 0) is 6.42 Å². The van der Waals surface area contributed by atoms with Gasteiger partial charge in [-0.15, -0.1) is 0 Å². The van der Waals surface area contributed by atoms with Gasteiger partial charge in [0, 0.05) is 6.42 Å². The molecule has 3 aromatic rings. The SMILES string of the molecule is CCCc1nc2cccc(F)c2c(=O)n1-c1ccccc1OC. The van der Waals surface area contributed by atoms with Crippen LogP contribution in [0.1, 0.15) is 19.2 Å². The van der Waals surface area contributed by atoms with Gasteiger partial charge >= 0.3 is 0 Å². The van der Waals surface area contributed by atoms with E-state index in [0.29, 0.717) is 29.2 Å². The fraction of sp³-hybridized carbons (Fsp3) is 0.222. The van der Waals surface area contributed by atoms with E-state index in [1.807, 2.05) is 19.1 Å². The highest BCUT2D eigenvalue weighted by molar-refractivity contribution is 5.78. The molecular formula is C18H17FN2O2. The predicted molar refractivity (Wildman–Crippen MR) is 87.8 cm³/mol. The molecule has 1 heterocycles. The van der Waals surface area contributed by atoms with E-state index in [0.717, 1.165) is 6.42 Å². The Hall–Kier alpha value is -2.69. The zero-order valence-electron chi connectivity index (χ0n) is 13.0. The smallest absolute Gasteiger partial charge is 0.269 e. The molecule has 1 aromatic heterocycles. The first-order valence-corrected chi connectivity index (χ1v) is 7.51. The van der Waals surface area contributed by atoms with Crippen molar-refractivity contribution in [1.29, 1.82) is 0 Å². The van der Waals surface area contributed by atoms with Gasteiger partial charge in [-0.2, -0.15) is 0 Å². The molecule has 0 aliphatic heterocycles. The maximum absolute atomic E-state index is 14.2. The Morgan fingerprint density at radius 2 is 1.96 bits per heavy atom. The average molecular weight is 312 g/mol. The molecule has 0 fully saturated rings. The highest BCUT2D eigenvalue weighted by atomic mass is 19.1. The molecule has 4 nitrogen and oxygen atoms in total. The van der Waals surface area contributed by atoms with Crippen LogP contribution < -0.4 is 10.3 Å². The second kappa shape index (κ2) is 6.20. The maximum Gasteiger partial charge on any atom is 0.269 e. The minimum atomic E-state index is -0.563. The zero-order chi connectivity index (χ0) is 16.4. The van der Waals surface area contributed by atoms with Gasteiger partial charge in [0.1, 0.15) is 22.8 Å². The van der Waals surface area contributed by atoms with Crippen LogP contribution in [0.4, 0.5) is 4.39 Å². The summed E-state index contributed by atoms with van der Waals surface area (Å²) in [6.45, 7) is 2.01. The van der Waals surface area contributed by atoms with Gasteiger partial charge in [0.25, 0.3) is 5.56 Å². The molecule has 0 N–H and O–H groups in total. The summed E-state index contributed by atoms with van der Waals surface area (Å²) in [6, 6.07) is 11.7. The monoisotopic (exact) mass is 312 g/mol. The number of rotatable bonds is 4. The highest BCUT2D eigenvalue weighted by Gasteiger charge is 2.17. The van der Waals surface area contributed by atoms with Gasteiger partial charge in [-0.3, -0.25) is 9.36 Å². The van der Waals surface area contributed by atoms with Crippen LogP contribution in [0.25, 0.3) is 16.6 Å². The fourth-order valence-corrected chi connectivity index (χ4v) is 2.69. The second-order valence-electron chi connectivity index (χ2n) is 5.22. The van der Waals surface area contributed by atoms with E-state index in [1.54, 1.807) is 31.4 Å². The van der Waals surface area contributed by atoms with E-state index >= 15 is 0 Å². The maximum atomic E-state index is 14.2. The number of aromatic nitrogens is 2. The van der Waals surface area contributed by atoms with Crippen LogP contribution in [0.5, 0.6) is 5.75 Å². The first kappa shape index (κ1) is 15.2.